The first-order valence-corrected chi connectivity index (χ1v) is 7.14. The van der Waals surface area contributed by atoms with Gasteiger partial charge >= 0.3 is 0 Å². The molecule has 21 heavy (non-hydrogen) atoms. The lowest BCUT2D eigenvalue weighted by atomic mass is 10.1. The number of benzene rings is 2. The van der Waals surface area contributed by atoms with Gasteiger partial charge in [-0.05, 0) is 61.0 Å². The Morgan fingerprint density at radius 2 is 1.62 bits per heavy atom. The van der Waals surface area contributed by atoms with Crippen molar-refractivity contribution in [1.82, 2.24) is 5.43 Å². The Balaban J connectivity index is 2.05. The summed E-state index contributed by atoms with van der Waals surface area (Å²) < 4.78 is 6.03. The zero-order valence-corrected chi connectivity index (χ0v) is 13.3. The molecular weight excluding hydrogens is 332 g/mol. The second-order valence-corrected chi connectivity index (χ2v) is 5.29. The van der Waals surface area contributed by atoms with Gasteiger partial charge in [-0.3, -0.25) is 4.79 Å². The van der Waals surface area contributed by atoms with E-state index >= 15 is 0 Å². The molecule has 2 rings (SSSR count). The Morgan fingerprint density at radius 3 is 2.19 bits per heavy atom. The molecule has 2 aromatic carbocycles. The highest BCUT2D eigenvalue weighted by Gasteiger charge is 2.04. The van der Waals surface area contributed by atoms with Crippen LogP contribution in [0, 0.1) is 0 Å². The summed E-state index contributed by atoms with van der Waals surface area (Å²) in [6.45, 7) is 1.84. The van der Waals surface area contributed by atoms with E-state index in [9.17, 15) is 4.79 Å². The molecule has 5 heteroatoms. The van der Waals surface area contributed by atoms with Gasteiger partial charge in [-0.1, -0.05) is 15.9 Å². The van der Waals surface area contributed by atoms with Crippen LogP contribution < -0.4 is 10.2 Å². The molecule has 0 aliphatic rings. The third-order valence-corrected chi connectivity index (χ3v) is 3.47. The normalized spacial score (nSPS) is 11.1. The fourth-order valence-electron chi connectivity index (χ4n) is 1.70. The molecule has 0 saturated carbocycles. The van der Waals surface area contributed by atoms with E-state index in [1.54, 1.807) is 19.2 Å². The minimum Gasteiger partial charge on any atom is -0.497 e. The number of hydrogen-bond donors (Lipinski definition) is 1. The molecule has 0 bridgehead atoms. The van der Waals surface area contributed by atoms with Gasteiger partial charge in [0.05, 0.1) is 12.8 Å². The maximum absolute atomic E-state index is 11.9. The molecule has 1 amide bonds. The number of carbonyl (C=O) groups is 1. The lowest BCUT2D eigenvalue weighted by Crippen LogP contribution is -2.19. The standard InChI is InChI=1S/C16H15BrN2O2/c1-11(12-5-9-15(21-2)10-6-12)18-19-16(20)13-3-7-14(17)8-4-13/h3-10H,1-2H3,(H,19,20)/b18-11+. The molecule has 0 aliphatic heterocycles. The summed E-state index contributed by atoms with van der Waals surface area (Å²) in [5.41, 5.74) is 4.76. The fourth-order valence-corrected chi connectivity index (χ4v) is 1.96. The van der Waals surface area contributed by atoms with Crippen molar-refractivity contribution >= 4 is 27.5 Å². The number of nitrogens with one attached hydrogen (secondary N) is 1. The number of amides is 1. The summed E-state index contributed by atoms with van der Waals surface area (Å²) in [6, 6.07) is 14.6. The van der Waals surface area contributed by atoms with E-state index in [4.69, 9.17) is 4.74 Å². The van der Waals surface area contributed by atoms with Crippen molar-refractivity contribution in [3.63, 3.8) is 0 Å². The highest BCUT2D eigenvalue weighted by Crippen LogP contribution is 2.12. The van der Waals surface area contributed by atoms with E-state index in [2.05, 4.69) is 26.5 Å². The number of rotatable bonds is 4. The van der Waals surface area contributed by atoms with Crippen LogP contribution in [0.3, 0.4) is 0 Å². The number of carbonyl (C=O) groups excluding carboxylic acids is 1. The molecule has 1 N–H and O–H groups in total. The molecule has 4 nitrogen and oxygen atoms in total. The number of hydrazone groups is 1. The van der Waals surface area contributed by atoms with Crippen molar-refractivity contribution in [2.45, 2.75) is 6.92 Å². The first-order valence-electron chi connectivity index (χ1n) is 6.35. The van der Waals surface area contributed by atoms with Gasteiger partial charge in [0.15, 0.2) is 0 Å². The van der Waals surface area contributed by atoms with Crippen molar-refractivity contribution < 1.29 is 9.53 Å². The minimum absolute atomic E-state index is 0.240. The van der Waals surface area contributed by atoms with Gasteiger partial charge in [0.1, 0.15) is 5.75 Å². The zero-order valence-electron chi connectivity index (χ0n) is 11.8. The molecule has 108 valence electrons. The largest absolute Gasteiger partial charge is 0.497 e. The molecule has 2 aromatic rings. The minimum atomic E-state index is -0.240. The average Bonchev–Trinajstić information content (AvgIpc) is 2.53. The molecule has 0 heterocycles. The van der Waals surface area contributed by atoms with E-state index in [1.807, 2.05) is 43.3 Å². The van der Waals surface area contributed by atoms with Crippen molar-refractivity contribution in [3.8, 4) is 5.75 Å². The average molecular weight is 347 g/mol. The highest BCUT2D eigenvalue weighted by molar-refractivity contribution is 9.10. The predicted octanol–water partition coefficient (Wildman–Crippen LogP) is 3.61. The Hall–Kier alpha value is -2.14. The van der Waals surface area contributed by atoms with Gasteiger partial charge in [0.2, 0.25) is 0 Å². The zero-order chi connectivity index (χ0) is 15.2. The van der Waals surface area contributed by atoms with Crippen LogP contribution in [0.1, 0.15) is 22.8 Å². The molecule has 0 aliphatic carbocycles. The molecule has 0 spiro atoms. The maximum Gasteiger partial charge on any atom is 0.271 e. The third-order valence-electron chi connectivity index (χ3n) is 2.94. The van der Waals surface area contributed by atoms with Crippen molar-refractivity contribution in [3.05, 3.63) is 64.1 Å². The third kappa shape index (κ3) is 4.16. The fraction of sp³-hybridized carbons (Fsp3) is 0.125. The first kappa shape index (κ1) is 15.3. The lowest BCUT2D eigenvalue weighted by molar-refractivity contribution is 0.0955. The molecule has 0 radical (unpaired) electrons. The summed E-state index contributed by atoms with van der Waals surface area (Å²) in [4.78, 5) is 11.9. The van der Waals surface area contributed by atoms with E-state index in [0.29, 0.717) is 5.56 Å². The first-order chi connectivity index (χ1) is 10.1. The van der Waals surface area contributed by atoms with Crippen molar-refractivity contribution in [1.29, 1.82) is 0 Å². The van der Waals surface area contributed by atoms with Crippen LogP contribution in [0.2, 0.25) is 0 Å². The number of halogens is 1. The van der Waals surface area contributed by atoms with Crippen LogP contribution in [0.4, 0.5) is 0 Å². The predicted molar refractivity (Wildman–Crippen MR) is 86.8 cm³/mol. The van der Waals surface area contributed by atoms with Crippen LogP contribution >= 0.6 is 15.9 Å². The molecule has 0 fully saturated rings. The quantitative estimate of drug-likeness (QED) is 0.679. The Kier molecular flexibility index (Phi) is 5.11. The maximum atomic E-state index is 11.9. The molecule has 0 aromatic heterocycles. The SMILES string of the molecule is COc1ccc(/C(C)=N/NC(=O)c2ccc(Br)cc2)cc1. The highest BCUT2D eigenvalue weighted by atomic mass is 79.9. The number of hydrogen-bond acceptors (Lipinski definition) is 3. The van der Waals surface area contributed by atoms with Gasteiger partial charge < -0.3 is 4.74 Å². The van der Waals surface area contributed by atoms with Crippen molar-refractivity contribution in [2.75, 3.05) is 7.11 Å². The second-order valence-electron chi connectivity index (χ2n) is 4.37. The smallest absolute Gasteiger partial charge is 0.271 e. The van der Waals surface area contributed by atoms with Gasteiger partial charge in [-0.2, -0.15) is 5.10 Å². The van der Waals surface area contributed by atoms with E-state index < -0.39 is 0 Å². The number of methoxy groups -OCH3 is 1. The van der Waals surface area contributed by atoms with E-state index in [1.165, 1.54) is 0 Å². The van der Waals surface area contributed by atoms with Gasteiger partial charge in [-0.15, -0.1) is 0 Å². The topological polar surface area (TPSA) is 50.7 Å². The lowest BCUT2D eigenvalue weighted by Gasteiger charge is -2.04. The summed E-state index contributed by atoms with van der Waals surface area (Å²) in [6.07, 6.45) is 0. The second kappa shape index (κ2) is 7.04. The number of ether oxygens (including phenoxy) is 1. The van der Waals surface area contributed by atoms with E-state index in [-0.39, 0.29) is 5.91 Å². The summed E-state index contributed by atoms with van der Waals surface area (Å²) in [5.74, 6) is 0.542. The van der Waals surface area contributed by atoms with Crippen LogP contribution in [0.25, 0.3) is 0 Å². The van der Waals surface area contributed by atoms with Crippen molar-refractivity contribution in [2.24, 2.45) is 5.10 Å². The summed E-state index contributed by atoms with van der Waals surface area (Å²) in [7, 11) is 1.62. The molecular formula is C16H15BrN2O2. The van der Waals surface area contributed by atoms with Gasteiger partial charge in [-0.25, -0.2) is 5.43 Å². The van der Waals surface area contributed by atoms with Crippen LogP contribution in [-0.2, 0) is 0 Å². The van der Waals surface area contributed by atoms with Crippen LogP contribution in [0.5, 0.6) is 5.75 Å². The summed E-state index contributed by atoms with van der Waals surface area (Å²) >= 11 is 3.33. The van der Waals surface area contributed by atoms with Crippen LogP contribution in [0.15, 0.2) is 58.1 Å². The van der Waals surface area contributed by atoms with Gasteiger partial charge in [0, 0.05) is 10.0 Å². The molecule has 0 saturated heterocycles. The van der Waals surface area contributed by atoms with E-state index in [0.717, 1.165) is 21.5 Å². The molecule has 0 atom stereocenters. The Labute approximate surface area is 132 Å². The number of nitrogens with zero attached hydrogens (tertiary/aromatic N) is 1. The molecule has 0 unspecified atom stereocenters. The van der Waals surface area contributed by atoms with Crippen LogP contribution in [-0.4, -0.2) is 18.7 Å². The monoisotopic (exact) mass is 346 g/mol. The van der Waals surface area contributed by atoms with Gasteiger partial charge in [0.25, 0.3) is 5.91 Å². The Bertz CT molecular complexity index is 649. The Morgan fingerprint density at radius 1 is 1.05 bits per heavy atom. The summed E-state index contributed by atoms with van der Waals surface area (Å²) in [5, 5.41) is 4.11.